The number of thiazole rings is 1. The first-order chi connectivity index (χ1) is 21.5. The van der Waals surface area contributed by atoms with E-state index in [4.69, 9.17) is 11.5 Å². The van der Waals surface area contributed by atoms with E-state index in [0.29, 0.717) is 12.0 Å². The van der Waals surface area contributed by atoms with Crippen molar-refractivity contribution < 1.29 is 27.9 Å². The summed E-state index contributed by atoms with van der Waals surface area (Å²) in [7, 11) is -4.06. The van der Waals surface area contributed by atoms with Gasteiger partial charge in [-0.15, -0.1) is 11.3 Å². The summed E-state index contributed by atoms with van der Waals surface area (Å²) in [6.07, 6.45) is 1.58. The fourth-order valence-corrected chi connectivity index (χ4v) is 6.34. The Morgan fingerprint density at radius 3 is 2.36 bits per heavy atom. The third-order valence-electron chi connectivity index (χ3n) is 6.59. The molecule has 1 aliphatic heterocycles. The summed E-state index contributed by atoms with van der Waals surface area (Å²) in [5.74, 6) is -2.63. The largest absolute Gasteiger partial charge is 0.370 e. The highest BCUT2D eigenvalue weighted by Crippen LogP contribution is 2.20. The zero-order valence-electron chi connectivity index (χ0n) is 24.2. The number of benzene rings is 2. The molecule has 2 amide bonds. The number of ketones is 1. The lowest BCUT2D eigenvalue weighted by atomic mass is 10.1. The summed E-state index contributed by atoms with van der Waals surface area (Å²) in [6, 6.07) is 16.4. The molecule has 0 radical (unpaired) electrons. The van der Waals surface area contributed by atoms with Crippen LogP contribution in [0.15, 0.2) is 89.1 Å². The number of hydrogen-bond acceptors (Lipinski definition) is 10. The van der Waals surface area contributed by atoms with E-state index in [9.17, 15) is 27.9 Å². The standard InChI is InChI=1S/C29H34N8O6S2/c30-28(31)33-13-7-12-22(25(39)26-32-14-15-44-26)34-24(38)18-37-27(40)23(35-45(42,43)19-21-10-5-2-6-11-21)17-36(29(37)41)16-20-8-3-1-4-9-20/h1-6,8-11,14-15,17,22,29,35,41H,7,12-13,16,18-19H2,(H,34,38)(H4,30,31,33)/t22-,29?/m0/s1. The monoisotopic (exact) mass is 654 g/mol. The normalized spacial score (nSPS) is 15.6. The van der Waals surface area contributed by atoms with E-state index in [2.05, 4.69) is 20.0 Å². The molecule has 1 unspecified atom stereocenters. The molecule has 16 heteroatoms. The fraction of sp³-hybridized carbons (Fsp3) is 0.276. The number of aliphatic imine (C=N–C) groups is 1. The summed E-state index contributed by atoms with van der Waals surface area (Å²) >= 11 is 1.11. The second-order valence-electron chi connectivity index (χ2n) is 10.1. The molecule has 7 N–H and O–H groups in total. The maximum atomic E-state index is 13.5. The number of rotatable bonds is 15. The van der Waals surface area contributed by atoms with E-state index < -0.39 is 52.3 Å². The minimum atomic E-state index is -4.06. The number of aromatic nitrogens is 1. The van der Waals surface area contributed by atoms with E-state index in [1.807, 2.05) is 6.07 Å². The fourth-order valence-electron chi connectivity index (χ4n) is 4.53. The van der Waals surface area contributed by atoms with Crippen molar-refractivity contribution in [2.24, 2.45) is 16.5 Å². The molecule has 238 valence electrons. The quantitative estimate of drug-likeness (QED) is 0.0660. The van der Waals surface area contributed by atoms with Gasteiger partial charge in [0.1, 0.15) is 12.2 Å². The lowest BCUT2D eigenvalue weighted by molar-refractivity contribution is -0.159. The number of aliphatic hydroxyl groups is 1. The highest BCUT2D eigenvalue weighted by Gasteiger charge is 2.37. The number of nitrogens with two attached hydrogens (primary N) is 2. The highest BCUT2D eigenvalue weighted by molar-refractivity contribution is 7.88. The first-order valence-electron chi connectivity index (χ1n) is 13.9. The molecular weight excluding hydrogens is 621 g/mol. The van der Waals surface area contributed by atoms with Crippen LogP contribution in [0.4, 0.5) is 0 Å². The van der Waals surface area contributed by atoms with Crippen LogP contribution in [0.1, 0.15) is 33.8 Å². The minimum absolute atomic E-state index is 0.0905. The van der Waals surface area contributed by atoms with Crippen molar-refractivity contribution in [2.45, 2.75) is 37.5 Å². The number of sulfonamides is 1. The molecule has 0 saturated heterocycles. The van der Waals surface area contributed by atoms with Gasteiger partial charge in [0.15, 0.2) is 11.0 Å². The molecule has 2 atom stereocenters. The van der Waals surface area contributed by atoms with Crippen LogP contribution in [0.2, 0.25) is 0 Å². The summed E-state index contributed by atoms with van der Waals surface area (Å²) in [5, 5.41) is 15.6. The van der Waals surface area contributed by atoms with E-state index in [1.165, 1.54) is 17.3 Å². The molecule has 0 bridgehead atoms. The van der Waals surface area contributed by atoms with Gasteiger partial charge in [-0.25, -0.2) is 13.4 Å². The SMILES string of the molecule is NC(N)=NCCC[C@H](NC(=O)CN1C(=O)C(NS(=O)(=O)Cc2ccccc2)=CN(Cc2ccccc2)C1O)C(=O)c1nccs1. The Morgan fingerprint density at radius 1 is 1.07 bits per heavy atom. The van der Waals surface area contributed by atoms with Crippen LogP contribution in [0.5, 0.6) is 0 Å². The molecule has 0 aliphatic carbocycles. The van der Waals surface area contributed by atoms with E-state index in [0.717, 1.165) is 21.8 Å². The van der Waals surface area contributed by atoms with Gasteiger partial charge in [0.05, 0.1) is 11.8 Å². The van der Waals surface area contributed by atoms with Crippen LogP contribution in [0.25, 0.3) is 0 Å². The Bertz CT molecular complexity index is 1630. The maximum Gasteiger partial charge on any atom is 0.276 e. The number of carbonyl (C=O) groups is 3. The molecule has 0 saturated carbocycles. The molecule has 1 aliphatic rings. The van der Waals surface area contributed by atoms with Crippen molar-refractivity contribution in [3.8, 4) is 0 Å². The lowest BCUT2D eigenvalue weighted by Crippen LogP contribution is -2.58. The van der Waals surface area contributed by atoms with Gasteiger partial charge >= 0.3 is 0 Å². The first kappa shape index (κ1) is 33.1. The summed E-state index contributed by atoms with van der Waals surface area (Å²) in [5.41, 5.74) is 11.7. The van der Waals surface area contributed by atoms with Crippen LogP contribution in [-0.2, 0) is 31.9 Å². The van der Waals surface area contributed by atoms with Gasteiger partial charge in [0, 0.05) is 30.9 Å². The van der Waals surface area contributed by atoms with Gasteiger partial charge in [-0.1, -0.05) is 60.7 Å². The molecule has 2 heterocycles. The average Bonchev–Trinajstić information content (AvgIpc) is 3.55. The minimum Gasteiger partial charge on any atom is -0.370 e. The number of aliphatic hydroxyl groups excluding tert-OH is 1. The van der Waals surface area contributed by atoms with Gasteiger partial charge < -0.3 is 26.8 Å². The maximum absolute atomic E-state index is 13.5. The summed E-state index contributed by atoms with van der Waals surface area (Å²) in [6.45, 7) is -0.374. The number of carbonyl (C=O) groups excluding carboxylic acids is 3. The van der Waals surface area contributed by atoms with Crippen LogP contribution in [0, 0.1) is 0 Å². The van der Waals surface area contributed by atoms with Gasteiger partial charge in [0.2, 0.25) is 28.1 Å². The molecule has 14 nitrogen and oxygen atoms in total. The number of guanidine groups is 1. The first-order valence-corrected chi connectivity index (χ1v) is 16.4. The van der Waals surface area contributed by atoms with Crippen molar-refractivity contribution in [3.63, 3.8) is 0 Å². The van der Waals surface area contributed by atoms with E-state index in [1.54, 1.807) is 60.0 Å². The van der Waals surface area contributed by atoms with Gasteiger partial charge in [-0.2, -0.15) is 0 Å². The van der Waals surface area contributed by atoms with Crippen molar-refractivity contribution in [1.29, 1.82) is 0 Å². The molecule has 3 aromatic rings. The Kier molecular flexibility index (Phi) is 11.2. The molecular formula is C29H34N8O6S2. The Hall–Kier alpha value is -4.80. The van der Waals surface area contributed by atoms with E-state index >= 15 is 0 Å². The molecule has 2 aromatic carbocycles. The number of hydrogen-bond donors (Lipinski definition) is 5. The molecule has 1 aromatic heterocycles. The van der Waals surface area contributed by atoms with Crippen LogP contribution >= 0.6 is 11.3 Å². The van der Waals surface area contributed by atoms with Crippen molar-refractivity contribution in [3.05, 3.63) is 100 Å². The van der Waals surface area contributed by atoms with Crippen molar-refractivity contribution in [1.82, 2.24) is 24.8 Å². The molecule has 0 spiro atoms. The second-order valence-corrected chi connectivity index (χ2v) is 12.7. The highest BCUT2D eigenvalue weighted by atomic mass is 32.2. The Balaban J connectivity index is 1.54. The van der Waals surface area contributed by atoms with Crippen molar-refractivity contribution in [2.75, 3.05) is 13.1 Å². The summed E-state index contributed by atoms with van der Waals surface area (Å²) < 4.78 is 28.4. The van der Waals surface area contributed by atoms with Gasteiger partial charge in [-0.05, 0) is 24.0 Å². The number of amides is 2. The zero-order chi connectivity index (χ0) is 32.4. The number of nitrogens with zero attached hydrogens (tertiary/aromatic N) is 4. The second kappa shape index (κ2) is 15.3. The number of Topliss-reactive ketones (excluding diaryl/α,β-unsaturated/α-hetero) is 1. The van der Waals surface area contributed by atoms with Crippen LogP contribution < -0.4 is 21.5 Å². The number of nitrogens with one attached hydrogen (secondary N) is 2. The smallest absolute Gasteiger partial charge is 0.276 e. The van der Waals surface area contributed by atoms with Crippen LogP contribution in [0.3, 0.4) is 0 Å². The summed E-state index contributed by atoms with van der Waals surface area (Å²) in [4.78, 5) is 50.0. The lowest BCUT2D eigenvalue weighted by Gasteiger charge is -2.39. The predicted molar refractivity (Wildman–Crippen MR) is 168 cm³/mol. The average molecular weight is 655 g/mol. The van der Waals surface area contributed by atoms with Crippen molar-refractivity contribution >= 4 is 44.9 Å². The topological polar surface area (TPSA) is 213 Å². The van der Waals surface area contributed by atoms with E-state index in [-0.39, 0.29) is 36.2 Å². The molecule has 0 fully saturated rings. The molecule has 4 rings (SSSR count). The van der Waals surface area contributed by atoms with Gasteiger partial charge in [-0.3, -0.25) is 29.0 Å². The van der Waals surface area contributed by atoms with Gasteiger partial charge in [0.25, 0.3) is 5.91 Å². The third-order valence-corrected chi connectivity index (χ3v) is 8.62. The zero-order valence-corrected chi connectivity index (χ0v) is 25.8. The Morgan fingerprint density at radius 2 is 1.73 bits per heavy atom. The third kappa shape index (κ3) is 9.59. The Labute approximate surface area is 264 Å². The predicted octanol–water partition coefficient (Wildman–Crippen LogP) is 0.446. The molecule has 45 heavy (non-hydrogen) atoms. The van der Waals surface area contributed by atoms with Crippen LogP contribution in [-0.4, -0.2) is 77.3 Å².